The van der Waals surface area contributed by atoms with Crippen LogP contribution in [-0.2, 0) is 17.9 Å². The van der Waals surface area contributed by atoms with Gasteiger partial charge in [0.25, 0.3) is 5.56 Å². The number of benzene rings is 1. The molecule has 1 heterocycles. The van der Waals surface area contributed by atoms with Crippen LogP contribution in [0.5, 0.6) is 0 Å². The van der Waals surface area contributed by atoms with Gasteiger partial charge in [-0.05, 0) is 37.9 Å². The fourth-order valence-electron chi connectivity index (χ4n) is 2.17. The molecule has 0 saturated heterocycles. The second-order valence-electron chi connectivity index (χ2n) is 5.31. The van der Waals surface area contributed by atoms with E-state index in [4.69, 9.17) is 4.74 Å². The van der Waals surface area contributed by atoms with Gasteiger partial charge in [-0.2, -0.15) is 0 Å². The lowest BCUT2D eigenvalue weighted by atomic mass is 10.1. The number of aromatic nitrogens is 2. The molecule has 0 saturated carbocycles. The summed E-state index contributed by atoms with van der Waals surface area (Å²) in [7, 11) is 0. The van der Waals surface area contributed by atoms with E-state index in [-0.39, 0.29) is 6.73 Å². The van der Waals surface area contributed by atoms with Crippen molar-refractivity contribution in [2.24, 2.45) is 0 Å². The summed E-state index contributed by atoms with van der Waals surface area (Å²) >= 11 is 0. The minimum absolute atomic E-state index is 0.164. The molecular weight excluding hydrogens is 294 g/mol. The Balaban J connectivity index is 1.48. The molecule has 0 bridgehead atoms. The molecule has 0 aliphatic carbocycles. The van der Waals surface area contributed by atoms with Crippen molar-refractivity contribution in [3.05, 3.63) is 69.0 Å². The number of rotatable bonds is 10. The Labute approximate surface area is 135 Å². The number of nitrogens with one attached hydrogen (secondary N) is 2. The number of hydrogen-bond donors (Lipinski definition) is 2. The van der Waals surface area contributed by atoms with Crippen LogP contribution >= 0.6 is 0 Å². The average molecular weight is 317 g/mol. The van der Waals surface area contributed by atoms with Gasteiger partial charge in [0.05, 0.1) is 0 Å². The van der Waals surface area contributed by atoms with E-state index in [1.54, 1.807) is 0 Å². The van der Waals surface area contributed by atoms with Crippen LogP contribution in [0.25, 0.3) is 0 Å². The summed E-state index contributed by atoms with van der Waals surface area (Å²) < 4.78 is 6.76. The predicted octanol–water partition coefficient (Wildman–Crippen LogP) is 1.12. The van der Waals surface area contributed by atoms with Gasteiger partial charge in [0, 0.05) is 18.9 Å². The Kier molecular flexibility index (Phi) is 7.29. The zero-order valence-electron chi connectivity index (χ0n) is 13.2. The van der Waals surface area contributed by atoms with Crippen LogP contribution in [0.1, 0.15) is 18.4 Å². The first-order valence-electron chi connectivity index (χ1n) is 7.88. The third kappa shape index (κ3) is 6.63. The van der Waals surface area contributed by atoms with Gasteiger partial charge >= 0.3 is 5.69 Å². The van der Waals surface area contributed by atoms with E-state index in [9.17, 15) is 9.59 Å². The fourth-order valence-corrected chi connectivity index (χ4v) is 2.17. The van der Waals surface area contributed by atoms with Gasteiger partial charge in [-0.15, -0.1) is 0 Å². The Morgan fingerprint density at radius 1 is 1.04 bits per heavy atom. The zero-order valence-corrected chi connectivity index (χ0v) is 13.2. The highest BCUT2D eigenvalue weighted by Crippen LogP contribution is 1.98. The van der Waals surface area contributed by atoms with Crippen molar-refractivity contribution in [3.63, 3.8) is 0 Å². The minimum atomic E-state index is -0.444. The molecule has 0 unspecified atom stereocenters. The quantitative estimate of drug-likeness (QED) is 0.644. The maximum atomic E-state index is 11.4. The molecule has 0 aliphatic rings. The second-order valence-corrected chi connectivity index (χ2v) is 5.31. The fraction of sp³-hybridized carbons (Fsp3) is 0.412. The SMILES string of the molecule is O=c1ccn(COCCCCNCCc2ccccc2)c(=O)[nH]1. The lowest BCUT2D eigenvalue weighted by Gasteiger charge is -2.07. The van der Waals surface area contributed by atoms with E-state index in [1.807, 2.05) is 6.07 Å². The molecule has 0 radical (unpaired) electrons. The van der Waals surface area contributed by atoms with Gasteiger partial charge in [0.2, 0.25) is 0 Å². The zero-order chi connectivity index (χ0) is 16.3. The van der Waals surface area contributed by atoms with E-state index in [0.717, 1.165) is 32.4 Å². The van der Waals surface area contributed by atoms with Crippen LogP contribution in [-0.4, -0.2) is 29.2 Å². The van der Waals surface area contributed by atoms with E-state index >= 15 is 0 Å². The van der Waals surface area contributed by atoms with Crippen molar-refractivity contribution >= 4 is 0 Å². The van der Waals surface area contributed by atoms with Crippen LogP contribution in [0.4, 0.5) is 0 Å². The van der Waals surface area contributed by atoms with E-state index < -0.39 is 11.2 Å². The maximum Gasteiger partial charge on any atom is 0.330 e. The summed E-state index contributed by atoms with van der Waals surface area (Å²) in [5.74, 6) is 0. The van der Waals surface area contributed by atoms with Gasteiger partial charge in [0.1, 0.15) is 6.73 Å². The van der Waals surface area contributed by atoms with Crippen LogP contribution in [0, 0.1) is 0 Å². The number of H-pyrrole nitrogens is 1. The Hall–Kier alpha value is -2.18. The highest BCUT2D eigenvalue weighted by atomic mass is 16.5. The normalized spacial score (nSPS) is 10.8. The summed E-state index contributed by atoms with van der Waals surface area (Å²) in [6.07, 6.45) is 4.42. The Morgan fingerprint density at radius 3 is 2.65 bits per heavy atom. The van der Waals surface area contributed by atoms with E-state index in [0.29, 0.717) is 6.61 Å². The van der Waals surface area contributed by atoms with Crippen LogP contribution in [0.15, 0.2) is 52.2 Å². The van der Waals surface area contributed by atoms with Crippen molar-refractivity contribution in [1.29, 1.82) is 0 Å². The van der Waals surface area contributed by atoms with Crippen molar-refractivity contribution in [2.45, 2.75) is 26.0 Å². The van der Waals surface area contributed by atoms with Gasteiger partial charge in [-0.25, -0.2) is 4.79 Å². The highest BCUT2D eigenvalue weighted by Gasteiger charge is 1.96. The highest BCUT2D eigenvalue weighted by molar-refractivity contribution is 5.14. The largest absolute Gasteiger partial charge is 0.361 e. The number of unbranched alkanes of at least 4 members (excludes halogenated alkanes) is 1. The molecule has 2 N–H and O–H groups in total. The molecule has 0 amide bonds. The minimum Gasteiger partial charge on any atom is -0.361 e. The first kappa shape index (κ1) is 17.2. The van der Waals surface area contributed by atoms with Crippen molar-refractivity contribution in [2.75, 3.05) is 19.7 Å². The lowest BCUT2D eigenvalue weighted by Crippen LogP contribution is -2.29. The van der Waals surface area contributed by atoms with Gasteiger partial charge in [-0.1, -0.05) is 30.3 Å². The summed E-state index contributed by atoms with van der Waals surface area (Å²) in [5.41, 5.74) is 0.502. The van der Waals surface area contributed by atoms with Crippen LogP contribution < -0.4 is 16.6 Å². The molecule has 0 spiro atoms. The topological polar surface area (TPSA) is 76.1 Å². The smallest absolute Gasteiger partial charge is 0.330 e. The van der Waals surface area contributed by atoms with E-state index in [1.165, 1.54) is 22.4 Å². The summed E-state index contributed by atoms with van der Waals surface area (Å²) in [4.78, 5) is 24.5. The van der Waals surface area contributed by atoms with Crippen LogP contribution in [0.3, 0.4) is 0 Å². The molecule has 1 aromatic heterocycles. The average Bonchev–Trinajstić information content (AvgIpc) is 2.56. The maximum absolute atomic E-state index is 11.4. The number of ether oxygens (including phenoxy) is 1. The Bertz CT molecular complexity index is 679. The first-order valence-corrected chi connectivity index (χ1v) is 7.88. The molecule has 0 aliphatic heterocycles. The molecule has 2 aromatic rings. The number of nitrogens with zero attached hydrogens (tertiary/aromatic N) is 1. The molecule has 0 atom stereocenters. The molecule has 6 nitrogen and oxygen atoms in total. The predicted molar refractivity (Wildman–Crippen MR) is 89.5 cm³/mol. The molecule has 124 valence electrons. The number of hydrogen-bond acceptors (Lipinski definition) is 4. The second kappa shape index (κ2) is 9.76. The number of aromatic amines is 1. The molecule has 23 heavy (non-hydrogen) atoms. The third-order valence-corrected chi connectivity index (χ3v) is 3.45. The summed E-state index contributed by atoms with van der Waals surface area (Å²) in [5, 5.41) is 3.41. The molecule has 0 fully saturated rings. The van der Waals surface area contributed by atoms with Gasteiger partial charge in [0.15, 0.2) is 0 Å². The first-order chi connectivity index (χ1) is 11.3. The van der Waals surface area contributed by atoms with Crippen molar-refractivity contribution < 1.29 is 4.74 Å². The Morgan fingerprint density at radius 2 is 1.87 bits per heavy atom. The van der Waals surface area contributed by atoms with Gasteiger partial charge < -0.3 is 10.1 Å². The lowest BCUT2D eigenvalue weighted by molar-refractivity contribution is 0.0710. The molecule has 1 aromatic carbocycles. The summed E-state index contributed by atoms with van der Waals surface area (Å²) in [6.45, 7) is 2.68. The van der Waals surface area contributed by atoms with Gasteiger partial charge in [-0.3, -0.25) is 14.3 Å². The molecule has 2 rings (SSSR count). The molecule has 6 heteroatoms. The van der Waals surface area contributed by atoms with E-state index in [2.05, 4.69) is 34.6 Å². The standard InChI is InChI=1S/C17H23N3O3/c21-16-9-12-20(17(22)19-16)14-23-13-5-4-10-18-11-8-15-6-2-1-3-7-15/h1-3,6-7,9,12,18H,4-5,8,10-11,13-14H2,(H,19,21,22). The summed E-state index contributed by atoms with van der Waals surface area (Å²) in [6, 6.07) is 11.7. The van der Waals surface area contributed by atoms with Crippen molar-refractivity contribution in [3.8, 4) is 0 Å². The molecular formula is C17H23N3O3. The third-order valence-electron chi connectivity index (χ3n) is 3.45. The van der Waals surface area contributed by atoms with Crippen LogP contribution in [0.2, 0.25) is 0 Å². The monoisotopic (exact) mass is 317 g/mol. The van der Waals surface area contributed by atoms with Crippen molar-refractivity contribution in [1.82, 2.24) is 14.9 Å².